The topological polar surface area (TPSA) is 102 Å². The maximum Gasteiger partial charge on any atom is 0.238 e. The van der Waals surface area contributed by atoms with Gasteiger partial charge in [-0.15, -0.1) is 0 Å². The predicted octanol–water partition coefficient (Wildman–Crippen LogP) is 1.58. The summed E-state index contributed by atoms with van der Waals surface area (Å²) in [5, 5.41) is 12.6. The number of rotatable bonds is 4. The van der Waals surface area contributed by atoms with E-state index in [4.69, 9.17) is 13.0 Å². The summed E-state index contributed by atoms with van der Waals surface area (Å²) in [6.07, 6.45) is 1.53. The smallest absolute Gasteiger partial charge is 0.238 e. The average Bonchev–Trinajstić information content (AvgIpc) is 3.03. The third kappa shape index (κ3) is 3.42. The predicted molar refractivity (Wildman–Crippen MR) is 105 cm³/mol. The largest absolute Gasteiger partial charge is 0.340 e. The molecule has 2 aromatic carbocycles. The Hall–Kier alpha value is -3.17. The van der Waals surface area contributed by atoms with Crippen LogP contribution in [0.25, 0.3) is 16.9 Å². The van der Waals surface area contributed by atoms with Crippen LogP contribution in [0.15, 0.2) is 71.8 Å². The highest BCUT2D eigenvalue weighted by Crippen LogP contribution is 2.24. The van der Waals surface area contributed by atoms with Gasteiger partial charge in [0.15, 0.2) is 5.65 Å². The Morgan fingerprint density at radius 2 is 1.74 bits per heavy atom. The van der Waals surface area contributed by atoms with Gasteiger partial charge >= 0.3 is 0 Å². The van der Waals surface area contributed by atoms with Crippen LogP contribution in [0.4, 0.5) is 11.5 Å². The minimum atomic E-state index is -3.74. The normalized spacial score (nSPS) is 11.6. The van der Waals surface area contributed by atoms with E-state index in [1.54, 1.807) is 16.6 Å². The summed E-state index contributed by atoms with van der Waals surface area (Å²) >= 11 is 0. The first-order valence-electron chi connectivity index (χ1n) is 8.01. The van der Waals surface area contributed by atoms with Gasteiger partial charge in [0.25, 0.3) is 0 Å². The lowest BCUT2D eigenvalue weighted by molar-refractivity contribution is 0.598. The van der Waals surface area contributed by atoms with E-state index in [-0.39, 0.29) is 4.90 Å². The standard InChI is InChI=1S/C18H14BN5O2S/c19-15-11-21-24-17(22-13-6-8-14(9-7-13)27(20,25)26)10-16(23-18(15)24)12-4-2-1-3-5-12/h1-11,22H,(H2,20,25,26). The van der Waals surface area contributed by atoms with E-state index in [0.717, 1.165) is 11.3 Å². The van der Waals surface area contributed by atoms with Gasteiger partial charge in [-0.3, -0.25) is 0 Å². The van der Waals surface area contributed by atoms with Crippen molar-refractivity contribution in [3.8, 4) is 11.3 Å². The van der Waals surface area contributed by atoms with Crippen molar-refractivity contribution in [3.05, 3.63) is 66.9 Å². The lowest BCUT2D eigenvalue weighted by Crippen LogP contribution is -2.12. The molecule has 2 heterocycles. The number of nitrogens with zero attached hydrogens (tertiary/aromatic N) is 3. The van der Waals surface area contributed by atoms with Gasteiger partial charge in [-0.05, 0) is 29.7 Å². The Bertz CT molecular complexity index is 1220. The maximum atomic E-state index is 11.4. The molecule has 2 aromatic heterocycles. The highest BCUT2D eigenvalue weighted by Gasteiger charge is 2.12. The molecule has 0 atom stereocenters. The molecule has 132 valence electrons. The molecular formula is C18H14BN5O2S. The number of nitrogens with one attached hydrogen (secondary N) is 1. The molecule has 0 bridgehead atoms. The van der Waals surface area contributed by atoms with Gasteiger partial charge in [0.1, 0.15) is 13.7 Å². The van der Waals surface area contributed by atoms with E-state index in [9.17, 15) is 8.42 Å². The molecule has 0 aliphatic heterocycles. The van der Waals surface area contributed by atoms with Crippen LogP contribution in [-0.2, 0) is 10.0 Å². The zero-order valence-corrected chi connectivity index (χ0v) is 14.9. The Labute approximate surface area is 157 Å². The fourth-order valence-corrected chi connectivity index (χ4v) is 3.22. The van der Waals surface area contributed by atoms with Crippen LogP contribution in [0.5, 0.6) is 0 Å². The molecule has 27 heavy (non-hydrogen) atoms. The van der Waals surface area contributed by atoms with Crippen molar-refractivity contribution in [3.63, 3.8) is 0 Å². The average molecular weight is 375 g/mol. The summed E-state index contributed by atoms with van der Waals surface area (Å²) in [7, 11) is 2.26. The molecule has 9 heteroatoms. The summed E-state index contributed by atoms with van der Waals surface area (Å²) in [5.74, 6) is 0.638. The molecule has 2 radical (unpaired) electrons. The second kappa shape index (κ2) is 6.53. The first-order chi connectivity index (χ1) is 12.9. The number of hydrogen-bond acceptors (Lipinski definition) is 5. The monoisotopic (exact) mass is 375 g/mol. The molecule has 4 aromatic rings. The van der Waals surface area contributed by atoms with E-state index in [1.165, 1.54) is 18.3 Å². The molecule has 4 rings (SSSR count). The summed E-state index contributed by atoms with van der Waals surface area (Å²) in [6.45, 7) is 0. The summed E-state index contributed by atoms with van der Waals surface area (Å²) in [6, 6.07) is 17.7. The van der Waals surface area contributed by atoms with E-state index in [0.29, 0.717) is 22.6 Å². The summed E-state index contributed by atoms with van der Waals surface area (Å²) in [4.78, 5) is 4.64. The van der Waals surface area contributed by atoms with Crippen molar-refractivity contribution in [2.75, 3.05) is 5.32 Å². The number of hydrogen-bond donors (Lipinski definition) is 2. The number of fused-ring (bicyclic) bond motifs is 1. The minimum Gasteiger partial charge on any atom is -0.340 e. The fraction of sp³-hybridized carbons (Fsp3) is 0. The molecular weight excluding hydrogens is 361 g/mol. The highest BCUT2D eigenvalue weighted by molar-refractivity contribution is 7.89. The molecule has 0 saturated carbocycles. The van der Waals surface area contributed by atoms with Crippen molar-refractivity contribution in [1.29, 1.82) is 0 Å². The lowest BCUT2D eigenvalue weighted by Gasteiger charge is -2.11. The molecule has 3 N–H and O–H groups in total. The van der Waals surface area contributed by atoms with Crippen LogP contribution < -0.4 is 15.9 Å². The Kier molecular flexibility index (Phi) is 4.17. The van der Waals surface area contributed by atoms with Crippen LogP contribution in [-0.4, -0.2) is 30.9 Å². The second-order valence-electron chi connectivity index (χ2n) is 5.92. The molecule has 0 aliphatic carbocycles. The molecule has 0 spiro atoms. The lowest BCUT2D eigenvalue weighted by atomic mass is 10.0. The fourth-order valence-electron chi connectivity index (χ4n) is 2.70. The number of aromatic nitrogens is 3. The van der Waals surface area contributed by atoms with Crippen LogP contribution in [0.3, 0.4) is 0 Å². The van der Waals surface area contributed by atoms with E-state index < -0.39 is 10.0 Å². The van der Waals surface area contributed by atoms with Crippen molar-refractivity contribution in [2.45, 2.75) is 4.90 Å². The van der Waals surface area contributed by atoms with Crippen molar-refractivity contribution >= 4 is 40.5 Å². The molecule has 0 unspecified atom stereocenters. The Morgan fingerprint density at radius 3 is 2.41 bits per heavy atom. The Morgan fingerprint density at radius 1 is 1.04 bits per heavy atom. The van der Waals surface area contributed by atoms with Gasteiger partial charge in [-0.2, -0.15) is 9.61 Å². The van der Waals surface area contributed by atoms with Gasteiger partial charge < -0.3 is 5.32 Å². The highest BCUT2D eigenvalue weighted by atomic mass is 32.2. The van der Waals surface area contributed by atoms with Gasteiger partial charge in [0.2, 0.25) is 10.0 Å². The van der Waals surface area contributed by atoms with Gasteiger partial charge in [-0.25, -0.2) is 18.5 Å². The van der Waals surface area contributed by atoms with E-state index >= 15 is 0 Å². The minimum absolute atomic E-state index is 0.0428. The third-order valence-corrected chi connectivity index (χ3v) is 4.95. The van der Waals surface area contributed by atoms with Crippen LogP contribution in [0.2, 0.25) is 0 Å². The Balaban J connectivity index is 1.79. The van der Waals surface area contributed by atoms with Crippen LogP contribution in [0.1, 0.15) is 0 Å². The van der Waals surface area contributed by atoms with Crippen molar-refractivity contribution in [2.24, 2.45) is 5.14 Å². The molecule has 0 amide bonds. The third-order valence-electron chi connectivity index (χ3n) is 4.02. The molecule has 0 aliphatic rings. The van der Waals surface area contributed by atoms with Crippen molar-refractivity contribution in [1.82, 2.24) is 14.6 Å². The molecule has 0 fully saturated rings. The zero-order valence-electron chi connectivity index (χ0n) is 14.1. The summed E-state index contributed by atoms with van der Waals surface area (Å²) < 4.78 is 24.4. The molecule has 7 nitrogen and oxygen atoms in total. The maximum absolute atomic E-state index is 11.4. The van der Waals surface area contributed by atoms with E-state index in [2.05, 4.69) is 15.4 Å². The number of anilines is 2. The van der Waals surface area contributed by atoms with Crippen molar-refractivity contribution < 1.29 is 8.42 Å². The number of benzene rings is 2. The zero-order chi connectivity index (χ0) is 19.0. The molecule has 0 saturated heterocycles. The number of sulfonamides is 1. The van der Waals surface area contributed by atoms with E-state index in [1.807, 2.05) is 36.4 Å². The SMILES string of the molecule is [B]c1cnn2c(Nc3ccc(S(N)(=O)=O)cc3)cc(-c3ccccc3)nc12. The first-order valence-corrected chi connectivity index (χ1v) is 9.56. The number of nitrogens with two attached hydrogens (primary N) is 1. The van der Waals surface area contributed by atoms with Gasteiger partial charge in [0.05, 0.1) is 10.6 Å². The first kappa shape index (κ1) is 17.3. The van der Waals surface area contributed by atoms with Crippen LogP contribution in [0, 0.1) is 0 Å². The number of primary sulfonamides is 1. The van der Waals surface area contributed by atoms with Crippen LogP contribution >= 0.6 is 0 Å². The van der Waals surface area contributed by atoms with Gasteiger partial charge in [-0.1, -0.05) is 30.3 Å². The van der Waals surface area contributed by atoms with Gasteiger partial charge in [0, 0.05) is 23.5 Å². The quantitative estimate of drug-likeness (QED) is 0.528. The second-order valence-corrected chi connectivity index (χ2v) is 7.48. The summed E-state index contributed by atoms with van der Waals surface area (Å²) in [5.41, 5.74) is 3.33.